The summed E-state index contributed by atoms with van der Waals surface area (Å²) in [6, 6.07) is 1.77. The quantitative estimate of drug-likeness (QED) is 0.675. The van der Waals surface area contributed by atoms with E-state index in [1.54, 1.807) is 19.4 Å². The van der Waals surface area contributed by atoms with Crippen molar-refractivity contribution in [2.24, 2.45) is 0 Å². The largest absolute Gasteiger partial charge is 0.491 e. The molecule has 0 aliphatic rings. The fraction of sp³-hybridized carbons (Fsp3) is 0.125. The van der Waals surface area contributed by atoms with Crippen molar-refractivity contribution in [2.45, 2.75) is 0 Å². The molecule has 0 saturated carbocycles. The highest BCUT2D eigenvalue weighted by molar-refractivity contribution is 6.32. The Morgan fingerprint density at radius 3 is 3.08 bits per heavy atom. The van der Waals surface area contributed by atoms with Crippen LogP contribution in [0.5, 0.6) is 5.75 Å². The molecule has 0 bridgehead atoms. The number of hydrogen-bond acceptors (Lipinski definition) is 2. The standard InChI is InChI=1S/C8H7ClN2O/c1-12-7-6(9)2-4-11-5-3-10-8(7)11/h2-5H,1H3. The number of rotatable bonds is 1. The van der Waals surface area contributed by atoms with Crippen LogP contribution in [0.3, 0.4) is 0 Å². The molecule has 0 radical (unpaired) electrons. The Balaban J connectivity index is 2.83. The molecule has 2 aromatic heterocycles. The zero-order valence-corrected chi connectivity index (χ0v) is 7.25. The summed E-state index contributed by atoms with van der Waals surface area (Å²) in [6.45, 7) is 0. The second-order valence-electron chi connectivity index (χ2n) is 2.36. The predicted molar refractivity (Wildman–Crippen MR) is 46.8 cm³/mol. The van der Waals surface area contributed by atoms with Crippen LogP contribution < -0.4 is 4.74 Å². The molecule has 0 aromatic carbocycles. The van der Waals surface area contributed by atoms with Gasteiger partial charge in [0.15, 0.2) is 11.4 Å². The molecule has 0 atom stereocenters. The van der Waals surface area contributed by atoms with Crippen LogP contribution in [-0.4, -0.2) is 16.5 Å². The first-order valence-electron chi connectivity index (χ1n) is 3.48. The lowest BCUT2D eigenvalue weighted by atomic mass is 10.4. The summed E-state index contributed by atoms with van der Waals surface area (Å²) in [4.78, 5) is 4.10. The van der Waals surface area contributed by atoms with Gasteiger partial charge < -0.3 is 9.14 Å². The molecule has 3 nitrogen and oxygen atoms in total. The molecule has 62 valence electrons. The van der Waals surface area contributed by atoms with Crippen molar-refractivity contribution in [3.8, 4) is 5.75 Å². The van der Waals surface area contributed by atoms with E-state index >= 15 is 0 Å². The first-order chi connectivity index (χ1) is 5.83. The minimum Gasteiger partial charge on any atom is -0.491 e. The van der Waals surface area contributed by atoms with Crippen molar-refractivity contribution in [1.29, 1.82) is 0 Å². The zero-order chi connectivity index (χ0) is 8.55. The second kappa shape index (κ2) is 2.68. The van der Waals surface area contributed by atoms with Crippen LogP contribution in [0.25, 0.3) is 5.65 Å². The summed E-state index contributed by atoms with van der Waals surface area (Å²) in [5, 5.41) is 0.580. The third-order valence-corrected chi connectivity index (χ3v) is 1.97. The van der Waals surface area contributed by atoms with Gasteiger partial charge in [-0.3, -0.25) is 0 Å². The number of pyridine rings is 1. The van der Waals surface area contributed by atoms with Gasteiger partial charge in [0, 0.05) is 18.6 Å². The summed E-state index contributed by atoms with van der Waals surface area (Å²) in [5.74, 6) is 0.615. The third-order valence-electron chi connectivity index (χ3n) is 1.67. The smallest absolute Gasteiger partial charge is 0.181 e. The van der Waals surface area contributed by atoms with Crippen molar-refractivity contribution < 1.29 is 4.74 Å². The molecule has 0 aliphatic heterocycles. The Hall–Kier alpha value is -1.22. The van der Waals surface area contributed by atoms with Gasteiger partial charge in [0.1, 0.15) is 0 Å². The highest BCUT2D eigenvalue weighted by atomic mass is 35.5. The molecule has 2 rings (SSSR count). The summed E-state index contributed by atoms with van der Waals surface area (Å²) >= 11 is 5.88. The average Bonchev–Trinajstić information content (AvgIpc) is 2.52. The maximum absolute atomic E-state index is 5.88. The fourth-order valence-corrected chi connectivity index (χ4v) is 1.34. The van der Waals surface area contributed by atoms with E-state index in [1.807, 2.05) is 16.8 Å². The third kappa shape index (κ3) is 0.940. The van der Waals surface area contributed by atoms with E-state index in [0.717, 1.165) is 5.65 Å². The van der Waals surface area contributed by atoms with Crippen molar-refractivity contribution in [2.75, 3.05) is 7.11 Å². The van der Waals surface area contributed by atoms with Gasteiger partial charge in [-0.2, -0.15) is 0 Å². The second-order valence-corrected chi connectivity index (χ2v) is 2.76. The van der Waals surface area contributed by atoms with Crippen LogP contribution in [0.15, 0.2) is 24.7 Å². The summed E-state index contributed by atoms with van der Waals surface area (Å²) < 4.78 is 6.95. The van der Waals surface area contributed by atoms with E-state index < -0.39 is 0 Å². The normalized spacial score (nSPS) is 10.5. The lowest BCUT2D eigenvalue weighted by molar-refractivity contribution is 0.417. The zero-order valence-electron chi connectivity index (χ0n) is 6.49. The van der Waals surface area contributed by atoms with Crippen LogP contribution >= 0.6 is 11.6 Å². The maximum Gasteiger partial charge on any atom is 0.181 e. The van der Waals surface area contributed by atoms with Crippen molar-refractivity contribution in [1.82, 2.24) is 9.38 Å². The van der Waals surface area contributed by atoms with Crippen LogP contribution in [0, 0.1) is 0 Å². The van der Waals surface area contributed by atoms with Crippen molar-refractivity contribution in [3.63, 3.8) is 0 Å². The fourth-order valence-electron chi connectivity index (χ4n) is 1.13. The number of halogens is 1. The van der Waals surface area contributed by atoms with Gasteiger partial charge in [0.05, 0.1) is 12.1 Å². The molecule has 2 aromatic rings. The Morgan fingerprint density at radius 2 is 2.33 bits per heavy atom. The number of imidazole rings is 1. The SMILES string of the molecule is COc1c(Cl)ccn2ccnc12. The Kier molecular flexibility index (Phi) is 1.66. The molecule has 2 heterocycles. The molecule has 0 fully saturated rings. The molecule has 4 heteroatoms. The van der Waals surface area contributed by atoms with Crippen LogP contribution in [-0.2, 0) is 0 Å². The topological polar surface area (TPSA) is 26.5 Å². The highest BCUT2D eigenvalue weighted by Gasteiger charge is 2.06. The first-order valence-corrected chi connectivity index (χ1v) is 3.86. The van der Waals surface area contributed by atoms with Gasteiger partial charge in [-0.15, -0.1) is 0 Å². The first kappa shape index (κ1) is 7.43. The Morgan fingerprint density at radius 1 is 1.50 bits per heavy atom. The molecule has 0 amide bonds. The number of fused-ring (bicyclic) bond motifs is 1. The van der Waals surface area contributed by atoms with Gasteiger partial charge in [-0.1, -0.05) is 11.6 Å². The molecule has 0 N–H and O–H groups in total. The predicted octanol–water partition coefficient (Wildman–Crippen LogP) is 2.00. The molecule has 0 spiro atoms. The number of aromatic nitrogens is 2. The van der Waals surface area contributed by atoms with Gasteiger partial charge in [0.2, 0.25) is 0 Å². The van der Waals surface area contributed by atoms with Crippen LogP contribution in [0.4, 0.5) is 0 Å². The van der Waals surface area contributed by atoms with Crippen molar-refractivity contribution >= 4 is 17.2 Å². The monoisotopic (exact) mass is 182 g/mol. The van der Waals surface area contributed by atoms with E-state index in [2.05, 4.69) is 4.98 Å². The summed E-state index contributed by atoms with van der Waals surface area (Å²) in [6.07, 6.45) is 5.38. The minimum absolute atomic E-state index is 0.580. The van der Waals surface area contributed by atoms with Gasteiger partial charge in [0.25, 0.3) is 0 Å². The number of nitrogens with zero attached hydrogens (tertiary/aromatic N) is 2. The van der Waals surface area contributed by atoms with E-state index in [0.29, 0.717) is 10.8 Å². The summed E-state index contributed by atoms with van der Waals surface area (Å²) in [7, 11) is 1.58. The van der Waals surface area contributed by atoms with Gasteiger partial charge in [-0.05, 0) is 6.07 Å². The van der Waals surface area contributed by atoms with E-state index in [1.165, 1.54) is 0 Å². The van der Waals surface area contributed by atoms with E-state index in [9.17, 15) is 0 Å². The van der Waals surface area contributed by atoms with Crippen molar-refractivity contribution in [3.05, 3.63) is 29.7 Å². The van der Waals surface area contributed by atoms with Crippen LogP contribution in [0.2, 0.25) is 5.02 Å². The lowest BCUT2D eigenvalue weighted by Crippen LogP contribution is -1.90. The Labute approximate surface area is 74.6 Å². The molecule has 0 unspecified atom stereocenters. The maximum atomic E-state index is 5.88. The minimum atomic E-state index is 0.580. The highest BCUT2D eigenvalue weighted by Crippen LogP contribution is 2.27. The molecular weight excluding hydrogens is 176 g/mol. The average molecular weight is 183 g/mol. The van der Waals surface area contributed by atoms with E-state index in [-0.39, 0.29) is 0 Å². The van der Waals surface area contributed by atoms with E-state index in [4.69, 9.17) is 16.3 Å². The van der Waals surface area contributed by atoms with Gasteiger partial charge >= 0.3 is 0 Å². The van der Waals surface area contributed by atoms with Gasteiger partial charge in [-0.25, -0.2) is 4.98 Å². The molecular formula is C8H7ClN2O. The Bertz CT molecular complexity index is 410. The molecule has 0 saturated heterocycles. The molecule has 0 aliphatic carbocycles. The number of hydrogen-bond donors (Lipinski definition) is 0. The lowest BCUT2D eigenvalue weighted by Gasteiger charge is -2.03. The van der Waals surface area contributed by atoms with Crippen LogP contribution in [0.1, 0.15) is 0 Å². The molecule has 12 heavy (non-hydrogen) atoms. The number of ether oxygens (including phenoxy) is 1. The number of methoxy groups -OCH3 is 1. The summed E-state index contributed by atoms with van der Waals surface area (Å²) in [5.41, 5.74) is 0.741.